The average molecular weight is 235 g/mol. The van der Waals surface area contributed by atoms with Gasteiger partial charge in [-0.25, -0.2) is 4.98 Å². The Morgan fingerprint density at radius 1 is 1.47 bits per heavy atom. The van der Waals surface area contributed by atoms with Crippen molar-refractivity contribution in [3.05, 3.63) is 18.2 Å². The maximum Gasteiger partial charge on any atom is 0.126 e. The fraction of sp³-hybridized carbons (Fsp3) is 0.786. The van der Waals surface area contributed by atoms with E-state index in [2.05, 4.69) is 42.0 Å². The first-order valence-corrected chi connectivity index (χ1v) is 6.98. The fourth-order valence-electron chi connectivity index (χ4n) is 3.23. The molecule has 1 N–H and O–H groups in total. The molecule has 0 aromatic carbocycles. The number of nitrogens with one attached hydrogen (secondary N) is 1. The SMILES string of the molecule is CCC1CCC(C(NC)c2nccn2CC)C1. The highest BCUT2D eigenvalue weighted by Crippen LogP contribution is 2.39. The standard InChI is InChI=1S/C14H25N3/c1-4-11-6-7-12(10-11)13(15-3)14-16-8-9-17(14)5-2/h8-9,11-13,15H,4-7,10H2,1-3H3. The fourth-order valence-corrected chi connectivity index (χ4v) is 3.23. The van der Waals surface area contributed by atoms with E-state index in [0.29, 0.717) is 6.04 Å². The van der Waals surface area contributed by atoms with E-state index in [0.717, 1.165) is 18.4 Å². The van der Waals surface area contributed by atoms with Crippen molar-refractivity contribution in [2.24, 2.45) is 11.8 Å². The van der Waals surface area contributed by atoms with Gasteiger partial charge in [-0.1, -0.05) is 19.8 Å². The Balaban J connectivity index is 2.11. The van der Waals surface area contributed by atoms with Crippen molar-refractivity contribution in [2.75, 3.05) is 7.05 Å². The first-order chi connectivity index (χ1) is 8.30. The van der Waals surface area contributed by atoms with Crippen molar-refractivity contribution in [2.45, 2.75) is 52.1 Å². The molecule has 1 aromatic rings. The second kappa shape index (κ2) is 5.67. The molecular weight excluding hydrogens is 210 g/mol. The van der Waals surface area contributed by atoms with Crippen LogP contribution in [-0.2, 0) is 6.54 Å². The predicted molar refractivity (Wildman–Crippen MR) is 70.8 cm³/mol. The van der Waals surface area contributed by atoms with E-state index < -0.39 is 0 Å². The Labute approximate surface area is 105 Å². The van der Waals surface area contributed by atoms with Crippen molar-refractivity contribution in [1.82, 2.24) is 14.9 Å². The van der Waals surface area contributed by atoms with Crippen LogP contribution in [0.4, 0.5) is 0 Å². The smallest absolute Gasteiger partial charge is 0.126 e. The molecule has 0 radical (unpaired) electrons. The van der Waals surface area contributed by atoms with Crippen LogP contribution in [0.15, 0.2) is 12.4 Å². The van der Waals surface area contributed by atoms with Crippen molar-refractivity contribution in [3.63, 3.8) is 0 Å². The quantitative estimate of drug-likeness (QED) is 0.850. The molecule has 1 heterocycles. The normalized spacial score (nSPS) is 26.3. The van der Waals surface area contributed by atoms with Gasteiger partial charge < -0.3 is 9.88 Å². The second-order valence-electron chi connectivity index (χ2n) is 5.19. The van der Waals surface area contributed by atoms with Gasteiger partial charge in [0.15, 0.2) is 0 Å². The lowest BCUT2D eigenvalue weighted by Gasteiger charge is -2.23. The predicted octanol–water partition coefficient (Wildman–Crippen LogP) is 2.99. The van der Waals surface area contributed by atoms with E-state index in [1.165, 1.54) is 31.5 Å². The average Bonchev–Trinajstić information content (AvgIpc) is 2.99. The molecule has 0 saturated heterocycles. The highest BCUT2D eigenvalue weighted by Gasteiger charge is 2.32. The number of hydrogen-bond acceptors (Lipinski definition) is 2. The minimum Gasteiger partial charge on any atom is -0.334 e. The molecule has 3 atom stereocenters. The van der Waals surface area contributed by atoms with Gasteiger partial charge in [0.2, 0.25) is 0 Å². The zero-order chi connectivity index (χ0) is 12.3. The molecule has 1 aromatic heterocycles. The van der Waals surface area contributed by atoms with Gasteiger partial charge in [0, 0.05) is 18.9 Å². The molecule has 0 spiro atoms. The molecule has 3 unspecified atom stereocenters. The van der Waals surface area contributed by atoms with Gasteiger partial charge in [-0.15, -0.1) is 0 Å². The third-order valence-corrected chi connectivity index (χ3v) is 4.31. The lowest BCUT2D eigenvalue weighted by molar-refractivity contribution is 0.350. The maximum atomic E-state index is 4.55. The first kappa shape index (κ1) is 12.6. The molecule has 17 heavy (non-hydrogen) atoms. The van der Waals surface area contributed by atoms with Crippen LogP contribution in [0.25, 0.3) is 0 Å². The summed E-state index contributed by atoms with van der Waals surface area (Å²) < 4.78 is 2.26. The molecule has 1 aliphatic rings. The zero-order valence-electron chi connectivity index (χ0n) is 11.3. The number of aromatic nitrogens is 2. The third kappa shape index (κ3) is 2.54. The summed E-state index contributed by atoms with van der Waals surface area (Å²) in [4.78, 5) is 4.55. The van der Waals surface area contributed by atoms with E-state index in [1.54, 1.807) is 0 Å². The van der Waals surface area contributed by atoms with Crippen LogP contribution >= 0.6 is 0 Å². The molecule has 3 heteroatoms. The summed E-state index contributed by atoms with van der Waals surface area (Å²) in [7, 11) is 2.07. The van der Waals surface area contributed by atoms with Crippen LogP contribution in [-0.4, -0.2) is 16.6 Å². The topological polar surface area (TPSA) is 29.9 Å². The van der Waals surface area contributed by atoms with Crippen molar-refractivity contribution >= 4 is 0 Å². The Bertz CT molecular complexity index is 345. The molecule has 1 fully saturated rings. The number of hydrogen-bond donors (Lipinski definition) is 1. The van der Waals surface area contributed by atoms with E-state index in [-0.39, 0.29) is 0 Å². The molecule has 2 rings (SSSR count). The van der Waals surface area contributed by atoms with Gasteiger partial charge in [-0.05, 0) is 38.6 Å². The summed E-state index contributed by atoms with van der Waals surface area (Å²) in [5.41, 5.74) is 0. The first-order valence-electron chi connectivity index (χ1n) is 6.98. The minimum absolute atomic E-state index is 0.432. The number of aryl methyl sites for hydroxylation is 1. The van der Waals surface area contributed by atoms with E-state index >= 15 is 0 Å². The Morgan fingerprint density at radius 2 is 2.29 bits per heavy atom. The largest absolute Gasteiger partial charge is 0.334 e. The third-order valence-electron chi connectivity index (χ3n) is 4.31. The molecule has 0 amide bonds. The molecular formula is C14H25N3. The van der Waals surface area contributed by atoms with Crippen LogP contribution in [0.2, 0.25) is 0 Å². The van der Waals surface area contributed by atoms with Crippen molar-refractivity contribution < 1.29 is 0 Å². The number of rotatable bonds is 5. The Morgan fingerprint density at radius 3 is 2.88 bits per heavy atom. The molecule has 3 nitrogen and oxygen atoms in total. The van der Waals surface area contributed by atoms with Crippen LogP contribution in [0, 0.1) is 11.8 Å². The van der Waals surface area contributed by atoms with Crippen LogP contribution < -0.4 is 5.32 Å². The molecule has 1 saturated carbocycles. The summed E-state index contributed by atoms with van der Waals surface area (Å²) in [6.07, 6.45) is 9.45. The minimum atomic E-state index is 0.432. The molecule has 96 valence electrons. The van der Waals surface area contributed by atoms with Gasteiger partial charge in [-0.2, -0.15) is 0 Å². The second-order valence-corrected chi connectivity index (χ2v) is 5.19. The molecule has 1 aliphatic carbocycles. The number of nitrogens with zero attached hydrogens (tertiary/aromatic N) is 2. The summed E-state index contributed by atoms with van der Waals surface area (Å²) in [6.45, 7) is 5.51. The Kier molecular flexibility index (Phi) is 4.21. The van der Waals surface area contributed by atoms with Gasteiger partial charge in [0.1, 0.15) is 5.82 Å². The van der Waals surface area contributed by atoms with Crippen LogP contribution in [0.1, 0.15) is 51.4 Å². The monoisotopic (exact) mass is 235 g/mol. The van der Waals surface area contributed by atoms with Gasteiger partial charge in [0.05, 0.1) is 6.04 Å². The zero-order valence-corrected chi connectivity index (χ0v) is 11.3. The van der Waals surface area contributed by atoms with E-state index in [1.807, 2.05) is 6.20 Å². The summed E-state index contributed by atoms with van der Waals surface area (Å²) in [5.74, 6) is 2.91. The maximum absolute atomic E-state index is 4.55. The van der Waals surface area contributed by atoms with Gasteiger partial charge in [0.25, 0.3) is 0 Å². The summed E-state index contributed by atoms with van der Waals surface area (Å²) >= 11 is 0. The van der Waals surface area contributed by atoms with Gasteiger partial charge >= 0.3 is 0 Å². The van der Waals surface area contributed by atoms with E-state index in [9.17, 15) is 0 Å². The van der Waals surface area contributed by atoms with Crippen LogP contribution in [0.3, 0.4) is 0 Å². The highest BCUT2D eigenvalue weighted by molar-refractivity contribution is 5.03. The lowest BCUT2D eigenvalue weighted by Crippen LogP contribution is -2.27. The van der Waals surface area contributed by atoms with Crippen molar-refractivity contribution in [3.8, 4) is 0 Å². The lowest BCUT2D eigenvalue weighted by atomic mass is 9.95. The highest BCUT2D eigenvalue weighted by atomic mass is 15.1. The summed E-state index contributed by atoms with van der Waals surface area (Å²) in [6, 6.07) is 0.432. The van der Waals surface area contributed by atoms with Crippen LogP contribution in [0.5, 0.6) is 0 Å². The summed E-state index contributed by atoms with van der Waals surface area (Å²) in [5, 5.41) is 3.48. The molecule has 0 aliphatic heterocycles. The number of imidazole rings is 1. The van der Waals surface area contributed by atoms with Crippen molar-refractivity contribution in [1.29, 1.82) is 0 Å². The van der Waals surface area contributed by atoms with Gasteiger partial charge in [-0.3, -0.25) is 0 Å². The molecule has 0 bridgehead atoms. The Hall–Kier alpha value is -0.830. The van der Waals surface area contributed by atoms with E-state index in [4.69, 9.17) is 0 Å².